The van der Waals surface area contributed by atoms with E-state index in [2.05, 4.69) is 59.6 Å². The number of aromatic nitrogens is 2. The first-order valence-corrected chi connectivity index (χ1v) is 10.8. The van der Waals surface area contributed by atoms with Gasteiger partial charge in [-0.15, -0.1) is 11.8 Å². The molecular formula is C22H24N4OS. The predicted molar refractivity (Wildman–Crippen MR) is 115 cm³/mol. The lowest BCUT2D eigenvalue weighted by Crippen LogP contribution is -2.33. The highest BCUT2D eigenvalue weighted by Gasteiger charge is 2.21. The van der Waals surface area contributed by atoms with E-state index in [1.54, 1.807) is 0 Å². The lowest BCUT2D eigenvalue weighted by atomic mass is 10.1. The third-order valence-corrected chi connectivity index (χ3v) is 6.44. The van der Waals surface area contributed by atoms with Crippen LogP contribution >= 0.6 is 11.8 Å². The molecule has 0 amide bonds. The molecule has 2 aromatic carbocycles. The number of hydrogen-bond donors (Lipinski definition) is 1. The molecule has 0 unspecified atom stereocenters. The molecule has 28 heavy (non-hydrogen) atoms. The Labute approximate surface area is 169 Å². The Morgan fingerprint density at radius 1 is 1.18 bits per heavy atom. The van der Waals surface area contributed by atoms with Crippen molar-refractivity contribution in [3.63, 3.8) is 0 Å². The van der Waals surface area contributed by atoms with Crippen LogP contribution in [0.2, 0.25) is 0 Å². The van der Waals surface area contributed by atoms with Gasteiger partial charge in [-0.1, -0.05) is 29.8 Å². The average Bonchev–Trinajstić information content (AvgIpc) is 2.89. The van der Waals surface area contributed by atoms with Crippen molar-refractivity contribution in [2.24, 2.45) is 5.92 Å². The molecule has 2 aliphatic heterocycles. The summed E-state index contributed by atoms with van der Waals surface area (Å²) < 4.78 is 5.31. The second-order valence-corrected chi connectivity index (χ2v) is 8.69. The summed E-state index contributed by atoms with van der Waals surface area (Å²) in [4.78, 5) is 13.5. The Hall–Kier alpha value is -2.31. The Morgan fingerprint density at radius 3 is 2.93 bits per heavy atom. The van der Waals surface area contributed by atoms with E-state index < -0.39 is 0 Å². The Balaban J connectivity index is 1.50. The molecule has 0 bridgehead atoms. The molecule has 0 aliphatic carbocycles. The maximum Gasteiger partial charge on any atom is 0.228 e. The first kappa shape index (κ1) is 17.8. The Morgan fingerprint density at radius 2 is 2.07 bits per heavy atom. The maximum absolute atomic E-state index is 5.31. The summed E-state index contributed by atoms with van der Waals surface area (Å²) in [6, 6.07) is 15.0. The predicted octanol–water partition coefficient (Wildman–Crippen LogP) is 4.11. The normalized spacial score (nSPS) is 17.1. The van der Waals surface area contributed by atoms with Crippen molar-refractivity contribution in [2.75, 3.05) is 42.3 Å². The van der Waals surface area contributed by atoms with Crippen molar-refractivity contribution in [1.82, 2.24) is 9.97 Å². The SMILES string of the molecule is Cc1ccc2nc(N3CCSc4ccccc4C3)nc(NCC3COC3)c2c1. The first-order valence-electron chi connectivity index (χ1n) is 9.82. The van der Waals surface area contributed by atoms with Crippen molar-refractivity contribution in [3.05, 3.63) is 53.6 Å². The van der Waals surface area contributed by atoms with Gasteiger partial charge >= 0.3 is 0 Å². The minimum Gasteiger partial charge on any atom is -0.381 e. The van der Waals surface area contributed by atoms with Crippen LogP contribution in [0.15, 0.2) is 47.4 Å². The van der Waals surface area contributed by atoms with Crippen LogP contribution in [-0.4, -0.2) is 42.0 Å². The molecule has 2 aliphatic rings. The number of fused-ring (bicyclic) bond motifs is 2. The molecule has 3 aromatic rings. The zero-order valence-corrected chi connectivity index (χ0v) is 16.8. The summed E-state index contributed by atoms with van der Waals surface area (Å²) in [5.74, 6) is 3.34. The zero-order chi connectivity index (χ0) is 18.9. The number of ether oxygens (including phenoxy) is 1. The second kappa shape index (κ2) is 7.60. The van der Waals surface area contributed by atoms with Gasteiger partial charge in [0.25, 0.3) is 0 Å². The molecule has 144 valence electrons. The number of nitrogens with zero attached hydrogens (tertiary/aromatic N) is 3. The first-order chi connectivity index (χ1) is 13.8. The number of benzene rings is 2. The van der Waals surface area contributed by atoms with E-state index in [1.807, 2.05) is 11.8 Å². The molecule has 1 fully saturated rings. The maximum atomic E-state index is 5.31. The van der Waals surface area contributed by atoms with Gasteiger partial charge in [-0.05, 0) is 30.7 Å². The molecule has 5 rings (SSSR count). The van der Waals surface area contributed by atoms with E-state index in [0.29, 0.717) is 5.92 Å². The van der Waals surface area contributed by atoms with E-state index in [-0.39, 0.29) is 0 Å². The van der Waals surface area contributed by atoms with Gasteiger partial charge in [0.15, 0.2) is 0 Å². The fraction of sp³-hybridized carbons (Fsp3) is 0.364. The molecule has 0 saturated carbocycles. The van der Waals surface area contributed by atoms with Gasteiger partial charge in [0.05, 0.1) is 18.7 Å². The molecular weight excluding hydrogens is 368 g/mol. The largest absolute Gasteiger partial charge is 0.381 e. The fourth-order valence-electron chi connectivity index (χ4n) is 3.65. The molecule has 6 heteroatoms. The van der Waals surface area contributed by atoms with Gasteiger partial charge in [-0.2, -0.15) is 4.98 Å². The topological polar surface area (TPSA) is 50.3 Å². The van der Waals surface area contributed by atoms with Crippen LogP contribution < -0.4 is 10.2 Å². The van der Waals surface area contributed by atoms with Gasteiger partial charge in [-0.3, -0.25) is 0 Å². The monoisotopic (exact) mass is 392 g/mol. The number of aryl methyl sites for hydroxylation is 1. The van der Waals surface area contributed by atoms with E-state index in [0.717, 1.165) is 61.3 Å². The van der Waals surface area contributed by atoms with E-state index in [4.69, 9.17) is 14.7 Å². The van der Waals surface area contributed by atoms with Crippen LogP contribution in [0.4, 0.5) is 11.8 Å². The van der Waals surface area contributed by atoms with Crippen LogP contribution in [0.3, 0.4) is 0 Å². The average molecular weight is 393 g/mol. The van der Waals surface area contributed by atoms with Gasteiger partial charge in [-0.25, -0.2) is 4.98 Å². The van der Waals surface area contributed by atoms with E-state index in [9.17, 15) is 0 Å². The lowest BCUT2D eigenvalue weighted by Gasteiger charge is -2.27. The third-order valence-electron chi connectivity index (χ3n) is 5.34. The van der Waals surface area contributed by atoms with E-state index >= 15 is 0 Å². The summed E-state index contributed by atoms with van der Waals surface area (Å²) in [6.45, 7) is 6.45. The lowest BCUT2D eigenvalue weighted by molar-refractivity contribution is -0.0248. The molecule has 0 radical (unpaired) electrons. The molecule has 1 saturated heterocycles. The number of thioether (sulfide) groups is 1. The van der Waals surface area contributed by atoms with Gasteiger partial charge in [0.1, 0.15) is 5.82 Å². The molecule has 1 N–H and O–H groups in total. The summed E-state index contributed by atoms with van der Waals surface area (Å²) in [7, 11) is 0. The minimum atomic E-state index is 0.569. The number of rotatable bonds is 4. The summed E-state index contributed by atoms with van der Waals surface area (Å²) in [6.07, 6.45) is 0. The zero-order valence-electron chi connectivity index (χ0n) is 16.0. The van der Waals surface area contributed by atoms with Crippen molar-refractivity contribution in [3.8, 4) is 0 Å². The van der Waals surface area contributed by atoms with Crippen LogP contribution in [0.5, 0.6) is 0 Å². The van der Waals surface area contributed by atoms with Crippen LogP contribution in [-0.2, 0) is 11.3 Å². The van der Waals surface area contributed by atoms with Gasteiger partial charge < -0.3 is 15.0 Å². The second-order valence-electron chi connectivity index (χ2n) is 7.55. The smallest absolute Gasteiger partial charge is 0.228 e. The highest BCUT2D eigenvalue weighted by molar-refractivity contribution is 7.99. The van der Waals surface area contributed by atoms with E-state index in [1.165, 1.54) is 16.0 Å². The Bertz CT molecular complexity index is 1000. The molecule has 3 heterocycles. The van der Waals surface area contributed by atoms with Crippen molar-refractivity contribution >= 4 is 34.4 Å². The van der Waals surface area contributed by atoms with Crippen molar-refractivity contribution < 1.29 is 4.74 Å². The van der Waals surface area contributed by atoms with Gasteiger partial charge in [0, 0.05) is 41.6 Å². The number of hydrogen-bond acceptors (Lipinski definition) is 6. The molecule has 5 nitrogen and oxygen atoms in total. The van der Waals surface area contributed by atoms with Crippen molar-refractivity contribution in [2.45, 2.75) is 18.4 Å². The fourth-order valence-corrected chi connectivity index (χ4v) is 4.67. The third kappa shape index (κ3) is 3.54. The van der Waals surface area contributed by atoms with Crippen molar-refractivity contribution in [1.29, 1.82) is 0 Å². The van der Waals surface area contributed by atoms with Crippen LogP contribution in [0, 0.1) is 12.8 Å². The summed E-state index contributed by atoms with van der Waals surface area (Å²) in [5, 5.41) is 4.66. The molecule has 0 atom stereocenters. The number of nitrogens with one attached hydrogen (secondary N) is 1. The standard InChI is InChI=1S/C22H24N4OS/c1-15-6-7-19-18(10-15)21(23-11-16-13-27-14-16)25-22(24-19)26-8-9-28-20-5-3-2-4-17(20)12-26/h2-7,10,16H,8-9,11-14H2,1H3,(H,23,24,25). The molecule has 1 aromatic heterocycles. The quantitative estimate of drug-likeness (QED) is 0.721. The minimum absolute atomic E-state index is 0.569. The van der Waals surface area contributed by atoms with Crippen LogP contribution in [0.25, 0.3) is 10.9 Å². The van der Waals surface area contributed by atoms with Crippen LogP contribution in [0.1, 0.15) is 11.1 Å². The summed E-state index contributed by atoms with van der Waals surface area (Å²) in [5.41, 5.74) is 3.56. The number of anilines is 2. The highest BCUT2D eigenvalue weighted by Crippen LogP contribution is 2.31. The van der Waals surface area contributed by atoms with Gasteiger partial charge in [0.2, 0.25) is 5.95 Å². The highest BCUT2D eigenvalue weighted by atomic mass is 32.2. The molecule has 0 spiro atoms. The summed E-state index contributed by atoms with van der Waals surface area (Å²) >= 11 is 1.92. The Kier molecular flexibility index (Phi) is 4.82.